The number of ether oxygens (including phenoxy) is 1. The fourth-order valence-electron chi connectivity index (χ4n) is 2.48. The van der Waals surface area contributed by atoms with Crippen LogP contribution in [0, 0.1) is 5.92 Å². The van der Waals surface area contributed by atoms with Crippen LogP contribution in [-0.2, 0) is 4.79 Å². The largest absolute Gasteiger partial charge is 0.504 e. The second kappa shape index (κ2) is 7.14. The van der Waals surface area contributed by atoms with Gasteiger partial charge in [-0.15, -0.1) is 0 Å². The molecule has 0 aromatic heterocycles. The summed E-state index contributed by atoms with van der Waals surface area (Å²) in [5.74, 6) is 0.451. The van der Waals surface area contributed by atoms with Crippen LogP contribution in [0.4, 0.5) is 0 Å². The minimum absolute atomic E-state index is 0.0238. The lowest BCUT2D eigenvalue weighted by molar-refractivity contribution is -0.123. The molecule has 1 aromatic rings. The molecular weight excluding hydrogens is 258 g/mol. The van der Waals surface area contributed by atoms with E-state index in [1.807, 2.05) is 0 Å². The van der Waals surface area contributed by atoms with Crippen molar-refractivity contribution in [3.8, 4) is 11.5 Å². The number of aromatic hydroxyl groups is 1. The number of carbonyl (C=O) groups is 1. The van der Waals surface area contributed by atoms with Gasteiger partial charge in [-0.3, -0.25) is 4.79 Å². The van der Waals surface area contributed by atoms with E-state index in [1.165, 1.54) is 6.07 Å². The summed E-state index contributed by atoms with van der Waals surface area (Å²) in [6.45, 7) is 0.451. The van der Waals surface area contributed by atoms with Gasteiger partial charge in [0.05, 0.1) is 6.10 Å². The van der Waals surface area contributed by atoms with E-state index >= 15 is 0 Å². The maximum absolute atomic E-state index is 11.7. The van der Waals surface area contributed by atoms with Crippen LogP contribution in [0.25, 0.3) is 0 Å². The Balaban J connectivity index is 1.69. The monoisotopic (exact) mass is 279 g/mol. The Bertz CT molecular complexity index is 449. The maximum atomic E-state index is 11.7. The second-order valence-corrected chi connectivity index (χ2v) is 5.25. The molecule has 0 saturated heterocycles. The number of carbonyl (C=O) groups excluding carboxylic acids is 1. The highest BCUT2D eigenvalue weighted by atomic mass is 16.5. The van der Waals surface area contributed by atoms with Gasteiger partial charge in [0.25, 0.3) is 5.91 Å². The number of phenols is 1. The molecule has 0 bridgehead atoms. The first-order chi connectivity index (χ1) is 9.65. The second-order valence-electron chi connectivity index (χ2n) is 5.25. The van der Waals surface area contributed by atoms with E-state index in [0.29, 0.717) is 18.2 Å². The average Bonchev–Trinajstić information content (AvgIpc) is 2.44. The van der Waals surface area contributed by atoms with Gasteiger partial charge < -0.3 is 20.3 Å². The fourth-order valence-corrected chi connectivity index (χ4v) is 2.48. The van der Waals surface area contributed by atoms with E-state index in [4.69, 9.17) is 4.74 Å². The number of nitrogens with one attached hydrogen (secondary N) is 1. The van der Waals surface area contributed by atoms with Crippen LogP contribution in [0.1, 0.15) is 25.7 Å². The summed E-state index contributed by atoms with van der Waals surface area (Å²) >= 11 is 0. The first-order valence-corrected chi connectivity index (χ1v) is 7.00. The van der Waals surface area contributed by atoms with Crippen LogP contribution in [0.3, 0.4) is 0 Å². The Kier molecular flexibility index (Phi) is 5.24. The Morgan fingerprint density at radius 2 is 2.15 bits per heavy atom. The van der Waals surface area contributed by atoms with Crippen LogP contribution in [0.2, 0.25) is 0 Å². The Morgan fingerprint density at radius 1 is 1.35 bits per heavy atom. The van der Waals surface area contributed by atoms with Crippen molar-refractivity contribution in [1.82, 2.24) is 5.32 Å². The molecule has 0 radical (unpaired) electrons. The third-order valence-corrected chi connectivity index (χ3v) is 3.57. The SMILES string of the molecule is O=C(COc1ccccc1O)NCC1CCCC(O)C1. The molecule has 1 saturated carbocycles. The average molecular weight is 279 g/mol. The van der Waals surface area contributed by atoms with Crippen LogP contribution >= 0.6 is 0 Å². The number of benzene rings is 1. The highest BCUT2D eigenvalue weighted by Gasteiger charge is 2.20. The number of amides is 1. The lowest BCUT2D eigenvalue weighted by atomic mass is 9.87. The van der Waals surface area contributed by atoms with Crippen molar-refractivity contribution in [3.63, 3.8) is 0 Å². The molecular formula is C15H21NO4. The van der Waals surface area contributed by atoms with Crippen molar-refractivity contribution in [3.05, 3.63) is 24.3 Å². The molecule has 1 aliphatic rings. The Morgan fingerprint density at radius 3 is 2.90 bits per heavy atom. The smallest absolute Gasteiger partial charge is 0.257 e. The molecule has 2 rings (SSSR count). The molecule has 1 aliphatic carbocycles. The van der Waals surface area contributed by atoms with Crippen molar-refractivity contribution < 1.29 is 19.7 Å². The predicted molar refractivity (Wildman–Crippen MR) is 74.6 cm³/mol. The zero-order valence-corrected chi connectivity index (χ0v) is 11.4. The van der Waals surface area contributed by atoms with Gasteiger partial charge in [-0.05, 0) is 37.3 Å². The van der Waals surface area contributed by atoms with Crippen molar-refractivity contribution in [2.45, 2.75) is 31.8 Å². The lowest BCUT2D eigenvalue weighted by Crippen LogP contribution is -2.35. The number of hydrogen-bond acceptors (Lipinski definition) is 4. The lowest BCUT2D eigenvalue weighted by Gasteiger charge is -2.25. The molecule has 0 heterocycles. The van der Waals surface area contributed by atoms with E-state index in [1.54, 1.807) is 18.2 Å². The summed E-state index contributed by atoms with van der Waals surface area (Å²) < 4.78 is 5.25. The van der Waals surface area contributed by atoms with Gasteiger partial charge >= 0.3 is 0 Å². The summed E-state index contributed by atoms with van der Waals surface area (Å²) in [6.07, 6.45) is 3.43. The summed E-state index contributed by atoms with van der Waals surface area (Å²) in [7, 11) is 0. The summed E-state index contributed by atoms with van der Waals surface area (Å²) in [5.41, 5.74) is 0. The van der Waals surface area contributed by atoms with E-state index in [0.717, 1.165) is 25.7 Å². The molecule has 0 spiro atoms. The normalized spacial score (nSPS) is 22.2. The summed E-state index contributed by atoms with van der Waals surface area (Å²) in [5, 5.41) is 21.9. The first kappa shape index (κ1) is 14.7. The molecule has 3 N–H and O–H groups in total. The highest BCUT2D eigenvalue weighted by molar-refractivity contribution is 5.77. The number of phenolic OH excluding ortho intramolecular Hbond substituents is 1. The van der Waals surface area contributed by atoms with E-state index in [-0.39, 0.29) is 24.4 Å². The number of aliphatic hydroxyl groups excluding tert-OH is 1. The summed E-state index contributed by atoms with van der Waals surface area (Å²) in [6, 6.07) is 6.55. The molecule has 5 heteroatoms. The molecule has 1 fully saturated rings. The van der Waals surface area contributed by atoms with Gasteiger partial charge in [-0.1, -0.05) is 18.6 Å². The molecule has 110 valence electrons. The molecule has 20 heavy (non-hydrogen) atoms. The minimum atomic E-state index is -0.233. The van der Waals surface area contributed by atoms with Gasteiger partial charge in [0.2, 0.25) is 0 Å². The fraction of sp³-hybridized carbons (Fsp3) is 0.533. The molecule has 1 amide bonds. The molecule has 2 unspecified atom stereocenters. The third kappa shape index (κ3) is 4.42. The van der Waals surface area contributed by atoms with Gasteiger partial charge in [0.1, 0.15) is 0 Å². The topological polar surface area (TPSA) is 78.8 Å². The molecule has 5 nitrogen and oxygen atoms in total. The first-order valence-electron chi connectivity index (χ1n) is 7.00. The van der Waals surface area contributed by atoms with Gasteiger partial charge in [-0.25, -0.2) is 0 Å². The zero-order valence-electron chi connectivity index (χ0n) is 11.4. The number of aliphatic hydroxyl groups is 1. The van der Waals surface area contributed by atoms with Gasteiger partial charge in [0.15, 0.2) is 18.1 Å². The molecule has 0 aliphatic heterocycles. The van der Waals surface area contributed by atoms with Gasteiger partial charge in [0, 0.05) is 6.54 Å². The van der Waals surface area contributed by atoms with E-state index in [2.05, 4.69) is 5.32 Å². The predicted octanol–water partition coefficient (Wildman–Crippen LogP) is 1.44. The maximum Gasteiger partial charge on any atom is 0.257 e. The van der Waals surface area contributed by atoms with Crippen molar-refractivity contribution in [2.75, 3.05) is 13.2 Å². The van der Waals surface area contributed by atoms with E-state index in [9.17, 15) is 15.0 Å². The quantitative estimate of drug-likeness (QED) is 0.762. The molecule has 2 atom stereocenters. The van der Waals surface area contributed by atoms with Gasteiger partial charge in [-0.2, -0.15) is 0 Å². The number of rotatable bonds is 5. The highest BCUT2D eigenvalue weighted by Crippen LogP contribution is 2.24. The van der Waals surface area contributed by atoms with Crippen LogP contribution in [0.15, 0.2) is 24.3 Å². The standard InChI is InChI=1S/C15H21NO4/c17-12-5-3-4-11(8-12)9-16-15(19)10-20-14-7-2-1-6-13(14)18/h1-2,6-7,11-12,17-18H,3-5,8-10H2,(H,16,19). The zero-order chi connectivity index (χ0) is 14.4. The van der Waals surface area contributed by atoms with Crippen molar-refractivity contribution >= 4 is 5.91 Å². The number of hydrogen-bond donors (Lipinski definition) is 3. The minimum Gasteiger partial charge on any atom is -0.504 e. The van der Waals surface area contributed by atoms with Crippen molar-refractivity contribution in [1.29, 1.82) is 0 Å². The van der Waals surface area contributed by atoms with E-state index < -0.39 is 0 Å². The Hall–Kier alpha value is -1.75. The Labute approximate surface area is 118 Å². The molecule has 1 aromatic carbocycles. The number of para-hydroxylation sites is 2. The van der Waals surface area contributed by atoms with Crippen LogP contribution in [-0.4, -0.2) is 35.4 Å². The van der Waals surface area contributed by atoms with Crippen LogP contribution in [0.5, 0.6) is 11.5 Å². The third-order valence-electron chi connectivity index (χ3n) is 3.57. The van der Waals surface area contributed by atoms with Crippen molar-refractivity contribution in [2.24, 2.45) is 5.92 Å². The van der Waals surface area contributed by atoms with Crippen LogP contribution < -0.4 is 10.1 Å². The summed E-state index contributed by atoms with van der Waals surface area (Å²) in [4.78, 5) is 11.7.